The number of pyridine rings is 1. The van der Waals surface area contributed by atoms with Crippen LogP contribution in [0.5, 0.6) is 0 Å². The van der Waals surface area contributed by atoms with Crippen LogP contribution in [0, 0.1) is 5.82 Å². The van der Waals surface area contributed by atoms with Gasteiger partial charge in [-0.3, -0.25) is 9.78 Å². The van der Waals surface area contributed by atoms with Crippen molar-refractivity contribution < 1.29 is 9.18 Å². The molecular formula is C19H19ClFN5O. The van der Waals surface area contributed by atoms with Gasteiger partial charge < -0.3 is 10.6 Å². The van der Waals surface area contributed by atoms with E-state index in [2.05, 4.69) is 25.6 Å². The highest BCUT2D eigenvalue weighted by molar-refractivity contribution is 5.95. The summed E-state index contributed by atoms with van der Waals surface area (Å²) in [4.78, 5) is 24.5. The number of halogens is 2. The number of hydrogen-bond donors (Lipinski definition) is 2. The van der Waals surface area contributed by atoms with E-state index in [1.165, 1.54) is 19.1 Å². The van der Waals surface area contributed by atoms with Gasteiger partial charge in [0, 0.05) is 24.0 Å². The van der Waals surface area contributed by atoms with Gasteiger partial charge in [0.2, 0.25) is 0 Å². The Hall–Kier alpha value is -3.06. The third-order valence-corrected chi connectivity index (χ3v) is 3.79. The predicted octanol–water partition coefficient (Wildman–Crippen LogP) is 4.55. The maximum absolute atomic E-state index is 13.1. The van der Waals surface area contributed by atoms with E-state index in [4.69, 9.17) is 0 Å². The highest BCUT2D eigenvalue weighted by Crippen LogP contribution is 2.22. The van der Waals surface area contributed by atoms with Gasteiger partial charge in [0.1, 0.15) is 23.3 Å². The maximum atomic E-state index is 13.1. The number of aromatic nitrogens is 3. The summed E-state index contributed by atoms with van der Waals surface area (Å²) in [6.45, 7) is 3.43. The number of ketones is 1. The molecule has 8 heteroatoms. The molecule has 140 valence electrons. The minimum Gasteiger partial charge on any atom is -0.363 e. The summed E-state index contributed by atoms with van der Waals surface area (Å²) in [5, 5.41) is 6.27. The fourth-order valence-corrected chi connectivity index (χ4v) is 2.42. The van der Waals surface area contributed by atoms with Gasteiger partial charge in [0.15, 0.2) is 5.78 Å². The molecule has 1 atom stereocenters. The van der Waals surface area contributed by atoms with Gasteiger partial charge in [-0.15, -0.1) is 12.4 Å². The number of anilines is 3. The molecule has 0 amide bonds. The molecule has 0 aliphatic carbocycles. The second-order valence-electron chi connectivity index (χ2n) is 5.82. The summed E-state index contributed by atoms with van der Waals surface area (Å²) in [6, 6.07) is 9.47. The number of carbonyl (C=O) groups is 1. The van der Waals surface area contributed by atoms with Crippen molar-refractivity contribution in [3.63, 3.8) is 0 Å². The minimum absolute atomic E-state index is 0. The van der Waals surface area contributed by atoms with Gasteiger partial charge in [-0.25, -0.2) is 14.4 Å². The SMILES string of the molecule is CC(=O)c1cc(Nc2cnccn2)nc(N[C@@H](C)c2ccc(F)cc2)c1.Cl. The summed E-state index contributed by atoms with van der Waals surface area (Å²) in [6.07, 6.45) is 4.70. The Morgan fingerprint density at radius 1 is 1.07 bits per heavy atom. The quantitative estimate of drug-likeness (QED) is 0.604. The number of nitrogens with zero attached hydrogens (tertiary/aromatic N) is 3. The zero-order valence-electron chi connectivity index (χ0n) is 14.8. The lowest BCUT2D eigenvalue weighted by Crippen LogP contribution is -2.10. The Morgan fingerprint density at radius 2 is 1.78 bits per heavy atom. The van der Waals surface area contributed by atoms with Gasteiger partial charge in [0.25, 0.3) is 0 Å². The van der Waals surface area contributed by atoms with Crippen LogP contribution in [0.4, 0.5) is 21.8 Å². The number of nitrogens with one attached hydrogen (secondary N) is 2. The highest BCUT2D eigenvalue weighted by Gasteiger charge is 2.11. The fraction of sp³-hybridized carbons (Fsp3) is 0.158. The molecule has 0 aliphatic rings. The average Bonchev–Trinajstić information content (AvgIpc) is 2.63. The van der Waals surface area contributed by atoms with Crippen LogP contribution in [0.2, 0.25) is 0 Å². The van der Waals surface area contributed by atoms with Crippen molar-refractivity contribution in [2.24, 2.45) is 0 Å². The molecule has 2 N–H and O–H groups in total. The van der Waals surface area contributed by atoms with Crippen LogP contribution in [-0.4, -0.2) is 20.7 Å². The zero-order chi connectivity index (χ0) is 18.5. The van der Waals surface area contributed by atoms with Crippen molar-refractivity contribution in [2.45, 2.75) is 19.9 Å². The predicted molar refractivity (Wildman–Crippen MR) is 105 cm³/mol. The van der Waals surface area contributed by atoms with E-state index in [1.54, 1.807) is 42.9 Å². The molecule has 0 spiro atoms. The molecule has 0 saturated heterocycles. The Kier molecular flexibility index (Phi) is 6.79. The topological polar surface area (TPSA) is 79.8 Å². The van der Waals surface area contributed by atoms with E-state index in [1.807, 2.05) is 6.92 Å². The fourth-order valence-electron chi connectivity index (χ4n) is 2.42. The number of benzene rings is 1. The lowest BCUT2D eigenvalue weighted by molar-refractivity contribution is 0.101. The molecule has 27 heavy (non-hydrogen) atoms. The molecule has 6 nitrogen and oxygen atoms in total. The van der Waals surface area contributed by atoms with Crippen LogP contribution >= 0.6 is 12.4 Å². The average molecular weight is 388 g/mol. The lowest BCUT2D eigenvalue weighted by atomic mass is 10.1. The molecule has 2 aromatic heterocycles. The molecule has 2 heterocycles. The molecule has 0 saturated carbocycles. The first-order chi connectivity index (χ1) is 12.5. The van der Waals surface area contributed by atoms with Crippen LogP contribution in [0.1, 0.15) is 35.8 Å². The standard InChI is InChI=1S/C19H18FN5O.ClH/c1-12(14-3-5-16(20)6-4-14)23-17-9-15(13(2)26)10-18(24-17)25-19-11-21-7-8-22-19;/h3-12H,1-2H3,(H2,22,23,24,25);1H/t12-;/m0./s1. The highest BCUT2D eigenvalue weighted by atomic mass is 35.5. The zero-order valence-corrected chi connectivity index (χ0v) is 15.6. The van der Waals surface area contributed by atoms with Gasteiger partial charge in [0.05, 0.1) is 6.20 Å². The summed E-state index contributed by atoms with van der Waals surface area (Å²) in [7, 11) is 0. The molecule has 3 rings (SSSR count). The van der Waals surface area contributed by atoms with Crippen LogP contribution in [0.3, 0.4) is 0 Å². The van der Waals surface area contributed by atoms with E-state index in [9.17, 15) is 9.18 Å². The Balaban J connectivity index is 0.00000261. The molecule has 0 aliphatic heterocycles. The number of hydrogen-bond acceptors (Lipinski definition) is 6. The van der Waals surface area contributed by atoms with Crippen molar-refractivity contribution >= 4 is 35.6 Å². The summed E-state index contributed by atoms with van der Waals surface area (Å²) >= 11 is 0. The first kappa shape index (κ1) is 20.3. The molecule has 0 unspecified atom stereocenters. The van der Waals surface area contributed by atoms with E-state index in [-0.39, 0.29) is 30.0 Å². The second-order valence-corrected chi connectivity index (χ2v) is 5.82. The first-order valence-corrected chi connectivity index (χ1v) is 8.09. The van der Waals surface area contributed by atoms with Crippen LogP contribution in [-0.2, 0) is 0 Å². The van der Waals surface area contributed by atoms with Crippen molar-refractivity contribution in [3.05, 3.63) is 71.9 Å². The minimum atomic E-state index is -0.284. The van der Waals surface area contributed by atoms with Gasteiger partial charge in [-0.1, -0.05) is 12.1 Å². The van der Waals surface area contributed by atoms with Crippen LogP contribution in [0.25, 0.3) is 0 Å². The Bertz CT molecular complexity index is 906. The van der Waals surface area contributed by atoms with E-state index in [0.29, 0.717) is 23.0 Å². The van der Waals surface area contributed by atoms with Gasteiger partial charge in [-0.05, 0) is 43.7 Å². The summed E-state index contributed by atoms with van der Waals surface area (Å²) in [5.41, 5.74) is 1.42. The smallest absolute Gasteiger partial charge is 0.160 e. The molecular weight excluding hydrogens is 369 g/mol. The Morgan fingerprint density at radius 3 is 2.41 bits per heavy atom. The second kappa shape index (κ2) is 9.05. The number of rotatable bonds is 6. The maximum Gasteiger partial charge on any atom is 0.160 e. The molecule has 1 aromatic carbocycles. The summed E-state index contributed by atoms with van der Waals surface area (Å²) in [5.74, 6) is 1.17. The lowest BCUT2D eigenvalue weighted by Gasteiger charge is -2.16. The van der Waals surface area contributed by atoms with Crippen molar-refractivity contribution in [3.8, 4) is 0 Å². The van der Waals surface area contributed by atoms with Crippen LogP contribution in [0.15, 0.2) is 55.0 Å². The van der Waals surface area contributed by atoms with Gasteiger partial charge in [-0.2, -0.15) is 0 Å². The molecule has 0 radical (unpaired) electrons. The van der Waals surface area contributed by atoms with Crippen molar-refractivity contribution in [1.29, 1.82) is 0 Å². The monoisotopic (exact) mass is 387 g/mol. The normalized spacial score (nSPS) is 11.2. The van der Waals surface area contributed by atoms with Crippen LogP contribution < -0.4 is 10.6 Å². The summed E-state index contributed by atoms with van der Waals surface area (Å²) < 4.78 is 13.1. The third-order valence-electron chi connectivity index (χ3n) is 3.79. The van der Waals surface area contributed by atoms with Crippen molar-refractivity contribution in [2.75, 3.05) is 10.6 Å². The van der Waals surface area contributed by atoms with E-state index in [0.717, 1.165) is 5.56 Å². The third kappa shape index (κ3) is 5.46. The van der Waals surface area contributed by atoms with Gasteiger partial charge >= 0.3 is 0 Å². The number of carbonyl (C=O) groups excluding carboxylic acids is 1. The first-order valence-electron chi connectivity index (χ1n) is 8.09. The van der Waals surface area contributed by atoms with Crippen molar-refractivity contribution in [1.82, 2.24) is 15.0 Å². The van der Waals surface area contributed by atoms with E-state index >= 15 is 0 Å². The number of Topliss-reactive ketones (excluding diaryl/α,β-unsaturated/α-hetero) is 1. The molecule has 3 aromatic rings. The largest absolute Gasteiger partial charge is 0.363 e. The Labute approximate surface area is 162 Å². The van der Waals surface area contributed by atoms with E-state index < -0.39 is 0 Å². The molecule has 0 bridgehead atoms. The molecule has 0 fully saturated rings.